The molecule has 1 N–H and O–H groups in total. The molecule has 0 aromatic heterocycles. The van der Waals surface area contributed by atoms with Gasteiger partial charge in [-0.1, -0.05) is 152 Å². The van der Waals surface area contributed by atoms with E-state index < -0.39 is 5.60 Å². The van der Waals surface area contributed by atoms with E-state index in [0.717, 1.165) is 49.2 Å². The first kappa shape index (κ1) is 28.6. The third-order valence-corrected chi connectivity index (χ3v) is 8.65. The molecule has 5 aromatic carbocycles. The number of likely N-dealkylation sites (tertiary alicyclic amines) is 1. The molecule has 1 saturated heterocycles. The highest BCUT2D eigenvalue weighted by atomic mass is 16.7. The summed E-state index contributed by atoms with van der Waals surface area (Å²) >= 11 is 0. The van der Waals surface area contributed by atoms with Crippen molar-refractivity contribution < 1.29 is 9.63 Å². The van der Waals surface area contributed by atoms with E-state index in [1.807, 2.05) is 54.6 Å². The van der Waals surface area contributed by atoms with E-state index in [9.17, 15) is 4.79 Å². The number of rotatable bonds is 10. The number of piperidine rings is 1. The van der Waals surface area contributed by atoms with E-state index in [4.69, 9.17) is 4.84 Å². The van der Waals surface area contributed by atoms with Crippen LogP contribution in [0.15, 0.2) is 152 Å². The van der Waals surface area contributed by atoms with Gasteiger partial charge in [0.1, 0.15) is 0 Å². The molecule has 1 amide bonds. The third kappa shape index (κ3) is 6.46. The Labute approximate surface area is 254 Å². The maximum atomic E-state index is 13.7. The molecule has 0 unspecified atom stereocenters. The molecular weight excluding hydrogens is 528 g/mol. The molecule has 1 aliphatic heterocycles. The zero-order valence-electron chi connectivity index (χ0n) is 24.4. The van der Waals surface area contributed by atoms with Crippen molar-refractivity contribution in [2.75, 3.05) is 19.6 Å². The predicted octanol–water partition coefficient (Wildman–Crippen LogP) is 7.57. The lowest BCUT2D eigenvalue weighted by molar-refractivity contribution is -0.149. The van der Waals surface area contributed by atoms with Crippen molar-refractivity contribution in [3.8, 4) is 0 Å². The molecule has 1 fully saturated rings. The van der Waals surface area contributed by atoms with Gasteiger partial charge in [0.25, 0.3) is 0 Å². The minimum atomic E-state index is -0.987. The Balaban J connectivity index is 1.17. The lowest BCUT2D eigenvalue weighted by atomic mass is 9.80. The standard InChI is InChI=1S/C39H38N2O2/c42-38(33-26-28-41(29-27-33)30-37(31-16-6-1-7-17-31)32-18-8-2-9-19-32)40-43-39(34-20-10-3-11-21-34,35-22-12-4-13-23-35)36-24-14-5-15-25-36/h1-25,33,37H,26-30H2,(H,40,42). The van der Waals surface area contributed by atoms with Gasteiger partial charge in [0.2, 0.25) is 5.91 Å². The summed E-state index contributed by atoms with van der Waals surface area (Å²) in [5, 5.41) is 0. The fourth-order valence-corrected chi connectivity index (χ4v) is 6.32. The molecule has 1 aliphatic rings. The number of carbonyl (C=O) groups is 1. The molecule has 0 saturated carbocycles. The minimum Gasteiger partial charge on any atom is -0.302 e. The van der Waals surface area contributed by atoms with Gasteiger partial charge in [-0.15, -0.1) is 0 Å². The highest BCUT2D eigenvalue weighted by Gasteiger charge is 2.40. The summed E-state index contributed by atoms with van der Waals surface area (Å²) in [6, 6.07) is 51.8. The normalized spacial score (nSPS) is 14.4. The summed E-state index contributed by atoms with van der Waals surface area (Å²) in [7, 11) is 0. The molecule has 0 atom stereocenters. The zero-order chi connectivity index (χ0) is 29.3. The van der Waals surface area contributed by atoms with E-state index in [1.54, 1.807) is 0 Å². The number of nitrogens with one attached hydrogen (secondary N) is 1. The SMILES string of the molecule is O=C(NOC(c1ccccc1)(c1ccccc1)c1ccccc1)C1CCN(CC(c2ccccc2)c2ccccc2)CC1. The average Bonchev–Trinajstić information content (AvgIpc) is 3.10. The Morgan fingerprint density at radius 2 is 1.00 bits per heavy atom. The summed E-state index contributed by atoms with van der Waals surface area (Å²) in [4.78, 5) is 22.8. The van der Waals surface area contributed by atoms with Gasteiger partial charge in [0.15, 0.2) is 5.60 Å². The van der Waals surface area contributed by atoms with Crippen LogP contribution in [0.4, 0.5) is 0 Å². The highest BCUT2D eigenvalue weighted by molar-refractivity contribution is 5.77. The Kier molecular flexibility index (Phi) is 9.07. The van der Waals surface area contributed by atoms with Crippen molar-refractivity contribution in [2.24, 2.45) is 5.92 Å². The lowest BCUT2D eigenvalue weighted by Crippen LogP contribution is -2.45. The average molecular weight is 567 g/mol. The van der Waals surface area contributed by atoms with Crippen molar-refractivity contribution in [1.82, 2.24) is 10.4 Å². The van der Waals surface area contributed by atoms with Gasteiger partial charge >= 0.3 is 0 Å². The van der Waals surface area contributed by atoms with Crippen LogP contribution in [-0.2, 0) is 15.2 Å². The first-order chi connectivity index (χ1) is 21.2. The van der Waals surface area contributed by atoms with Gasteiger partial charge < -0.3 is 4.90 Å². The van der Waals surface area contributed by atoms with Crippen LogP contribution in [0.3, 0.4) is 0 Å². The van der Waals surface area contributed by atoms with Gasteiger partial charge in [-0.05, 0) is 53.7 Å². The maximum absolute atomic E-state index is 13.7. The van der Waals surface area contributed by atoms with Crippen LogP contribution in [0.2, 0.25) is 0 Å². The Bertz CT molecular complexity index is 1420. The van der Waals surface area contributed by atoms with Crippen molar-refractivity contribution in [1.29, 1.82) is 0 Å². The largest absolute Gasteiger partial charge is 0.302 e. The van der Waals surface area contributed by atoms with Crippen LogP contribution in [0.25, 0.3) is 0 Å². The highest BCUT2D eigenvalue weighted by Crippen LogP contribution is 2.40. The quantitative estimate of drug-likeness (QED) is 0.140. The van der Waals surface area contributed by atoms with E-state index in [0.29, 0.717) is 5.92 Å². The monoisotopic (exact) mass is 566 g/mol. The predicted molar refractivity (Wildman–Crippen MR) is 172 cm³/mol. The molecule has 1 heterocycles. The summed E-state index contributed by atoms with van der Waals surface area (Å²) < 4.78 is 0. The minimum absolute atomic E-state index is 0.0607. The van der Waals surface area contributed by atoms with Gasteiger partial charge in [-0.2, -0.15) is 0 Å². The molecule has 5 aromatic rings. The first-order valence-electron chi connectivity index (χ1n) is 15.2. The number of hydroxylamine groups is 1. The fraction of sp³-hybridized carbons (Fsp3) is 0.205. The summed E-state index contributed by atoms with van der Waals surface area (Å²) in [5.74, 6) is 0.122. The smallest absolute Gasteiger partial charge is 0.246 e. The van der Waals surface area contributed by atoms with Gasteiger partial charge in [0.05, 0.1) is 0 Å². The molecule has 0 aliphatic carbocycles. The number of hydrogen-bond acceptors (Lipinski definition) is 3. The summed E-state index contributed by atoms with van der Waals surface area (Å²) in [5.41, 5.74) is 7.45. The van der Waals surface area contributed by atoms with Crippen LogP contribution in [-0.4, -0.2) is 30.4 Å². The topological polar surface area (TPSA) is 41.6 Å². The molecule has 0 spiro atoms. The lowest BCUT2D eigenvalue weighted by Gasteiger charge is -2.37. The van der Waals surface area contributed by atoms with Crippen LogP contribution < -0.4 is 5.48 Å². The number of benzene rings is 5. The zero-order valence-corrected chi connectivity index (χ0v) is 24.4. The Morgan fingerprint density at radius 1 is 0.628 bits per heavy atom. The van der Waals surface area contributed by atoms with E-state index >= 15 is 0 Å². The molecule has 43 heavy (non-hydrogen) atoms. The second-order valence-corrected chi connectivity index (χ2v) is 11.3. The van der Waals surface area contributed by atoms with E-state index in [-0.39, 0.29) is 11.8 Å². The molecule has 6 rings (SSSR count). The van der Waals surface area contributed by atoms with Gasteiger partial charge in [-0.25, -0.2) is 5.48 Å². The third-order valence-electron chi connectivity index (χ3n) is 8.65. The van der Waals surface area contributed by atoms with Crippen molar-refractivity contribution in [3.63, 3.8) is 0 Å². The van der Waals surface area contributed by atoms with Crippen molar-refractivity contribution in [3.05, 3.63) is 179 Å². The molecule has 0 bridgehead atoms. The summed E-state index contributed by atoms with van der Waals surface area (Å²) in [6.07, 6.45) is 1.58. The second-order valence-electron chi connectivity index (χ2n) is 11.3. The van der Waals surface area contributed by atoms with Crippen LogP contribution in [0, 0.1) is 5.92 Å². The first-order valence-corrected chi connectivity index (χ1v) is 15.2. The number of hydrogen-bond donors (Lipinski definition) is 1. The van der Waals surface area contributed by atoms with Crippen LogP contribution in [0.1, 0.15) is 46.6 Å². The Hall–Kier alpha value is -4.51. The Morgan fingerprint density at radius 3 is 1.40 bits per heavy atom. The van der Waals surface area contributed by atoms with Crippen LogP contribution >= 0.6 is 0 Å². The molecule has 216 valence electrons. The second kappa shape index (κ2) is 13.6. The molecular formula is C39H38N2O2. The number of carbonyl (C=O) groups excluding carboxylic acids is 1. The maximum Gasteiger partial charge on any atom is 0.246 e. The van der Waals surface area contributed by atoms with Crippen molar-refractivity contribution >= 4 is 5.91 Å². The molecule has 4 heteroatoms. The number of amides is 1. The van der Waals surface area contributed by atoms with E-state index in [2.05, 4.69) is 107 Å². The fourth-order valence-electron chi connectivity index (χ4n) is 6.32. The number of nitrogens with zero attached hydrogens (tertiary/aromatic N) is 1. The van der Waals surface area contributed by atoms with Gasteiger partial charge in [0, 0.05) is 18.4 Å². The van der Waals surface area contributed by atoms with Gasteiger partial charge in [-0.3, -0.25) is 9.63 Å². The summed E-state index contributed by atoms with van der Waals surface area (Å²) in [6.45, 7) is 2.67. The molecule has 0 radical (unpaired) electrons. The van der Waals surface area contributed by atoms with Crippen LogP contribution in [0.5, 0.6) is 0 Å². The molecule has 4 nitrogen and oxygen atoms in total. The van der Waals surface area contributed by atoms with E-state index in [1.165, 1.54) is 11.1 Å². The van der Waals surface area contributed by atoms with Crippen molar-refractivity contribution in [2.45, 2.75) is 24.4 Å².